The first kappa shape index (κ1) is 87.9. The van der Waals surface area contributed by atoms with E-state index in [1.54, 1.807) is 0 Å². The van der Waals surface area contributed by atoms with E-state index in [9.17, 15) is 0 Å². The fourth-order valence-electron chi connectivity index (χ4n) is 0. The summed E-state index contributed by atoms with van der Waals surface area (Å²) < 4.78 is 0. The molecular formula is C2H9SiTi+. The van der Waals surface area contributed by atoms with Crippen LogP contribution in [0.2, 0.25) is 0 Å². The van der Waals surface area contributed by atoms with Crippen molar-refractivity contribution in [1.29, 1.82) is 0 Å². The van der Waals surface area contributed by atoms with Gasteiger partial charge in [-0.25, -0.2) is 0 Å². The van der Waals surface area contributed by atoms with Crippen molar-refractivity contribution in [2.75, 3.05) is 0 Å². The Kier molecular flexibility index (Phi) is 856. The van der Waals surface area contributed by atoms with Gasteiger partial charge in [0.2, 0.25) is 0 Å². The van der Waals surface area contributed by atoms with E-state index in [2.05, 4.69) is 0 Å². The van der Waals surface area contributed by atoms with Crippen molar-refractivity contribution in [3.8, 4) is 0 Å². The minimum absolute atomic E-state index is 0. The van der Waals surface area contributed by atoms with Gasteiger partial charge in [0, 0.05) is 0 Å². The molecule has 0 rings (SSSR count). The van der Waals surface area contributed by atoms with Crippen molar-refractivity contribution in [3.63, 3.8) is 0 Å². The third-order valence-electron chi connectivity index (χ3n) is 0. The fraction of sp³-hybridized carbons (Fsp3) is 0. The molecule has 0 saturated carbocycles. The Morgan fingerprint density at radius 2 is 0.750 bits per heavy atom. The van der Waals surface area contributed by atoms with Crippen LogP contribution in [0.5, 0.6) is 0 Å². The summed E-state index contributed by atoms with van der Waals surface area (Å²) in [5, 5.41) is 0. The van der Waals surface area contributed by atoms with Crippen LogP contribution in [0.4, 0.5) is 0 Å². The molecule has 0 atom stereocenters. The van der Waals surface area contributed by atoms with Crippen molar-refractivity contribution < 1.29 is 21.7 Å². The van der Waals surface area contributed by atoms with Gasteiger partial charge in [-0.1, -0.05) is 0 Å². The maximum absolute atomic E-state index is 0. The van der Waals surface area contributed by atoms with Crippen molar-refractivity contribution in [3.05, 3.63) is 14.9 Å². The standard InChI is InChI=1S/2CH3.H3Si.Ti/h3*1H3;/q2*-1;;+3. The van der Waals surface area contributed by atoms with Gasteiger partial charge in [-0.05, 0) is 11.0 Å². The first-order chi connectivity index (χ1) is 0. The summed E-state index contributed by atoms with van der Waals surface area (Å²) >= 11 is 0. The molecule has 0 amide bonds. The monoisotopic (exact) mass is 109 g/mol. The molecule has 4 heavy (non-hydrogen) atoms. The molecule has 24 valence electrons. The zero-order valence-corrected chi connectivity index (χ0v) is 7.06. The minimum atomic E-state index is 0. The molecule has 0 aromatic heterocycles. The Bertz CT molecular complexity index is 6.00. The van der Waals surface area contributed by atoms with E-state index < -0.39 is 0 Å². The predicted octanol–water partition coefficient (Wildman–Crippen LogP) is -0.286. The van der Waals surface area contributed by atoms with Crippen LogP contribution in [0.25, 0.3) is 0 Å². The van der Waals surface area contributed by atoms with E-state index in [0.29, 0.717) is 0 Å². The van der Waals surface area contributed by atoms with Gasteiger partial charge in [-0.15, -0.1) is 0 Å². The zero-order chi connectivity index (χ0) is 0. The molecule has 0 nitrogen and oxygen atoms in total. The second-order valence-electron chi connectivity index (χ2n) is 0. The van der Waals surface area contributed by atoms with Crippen molar-refractivity contribution in [2.24, 2.45) is 0 Å². The van der Waals surface area contributed by atoms with Gasteiger partial charge in [0.15, 0.2) is 0 Å². The number of hydrogen-bond donors (Lipinski definition) is 0. The summed E-state index contributed by atoms with van der Waals surface area (Å²) in [6.45, 7) is 0. The Morgan fingerprint density at radius 3 is 0.750 bits per heavy atom. The Balaban J connectivity index is 0. The van der Waals surface area contributed by atoms with Crippen LogP contribution in [-0.2, 0) is 21.7 Å². The summed E-state index contributed by atoms with van der Waals surface area (Å²) in [5.74, 6) is 0. The summed E-state index contributed by atoms with van der Waals surface area (Å²) in [6, 6.07) is 0. The normalized spacial score (nSPS) is 0. The van der Waals surface area contributed by atoms with Crippen LogP contribution in [0, 0.1) is 14.9 Å². The number of rotatable bonds is 0. The van der Waals surface area contributed by atoms with Crippen LogP contribution in [0.1, 0.15) is 0 Å². The summed E-state index contributed by atoms with van der Waals surface area (Å²) in [6.07, 6.45) is 0. The van der Waals surface area contributed by atoms with E-state index in [-0.39, 0.29) is 47.5 Å². The Morgan fingerprint density at radius 1 is 0.750 bits per heavy atom. The van der Waals surface area contributed by atoms with Crippen LogP contribution in [0.15, 0.2) is 0 Å². The van der Waals surface area contributed by atoms with Crippen molar-refractivity contribution in [1.82, 2.24) is 0 Å². The molecule has 0 aliphatic carbocycles. The molecule has 0 spiro atoms. The van der Waals surface area contributed by atoms with Crippen molar-refractivity contribution >= 4 is 11.0 Å². The molecule has 0 aliphatic heterocycles. The Labute approximate surface area is 47.9 Å². The maximum atomic E-state index is 0. The van der Waals surface area contributed by atoms with Crippen LogP contribution in [0.3, 0.4) is 0 Å². The van der Waals surface area contributed by atoms with Crippen LogP contribution in [-0.4, -0.2) is 11.0 Å². The first-order valence-corrected chi connectivity index (χ1v) is 0. The van der Waals surface area contributed by atoms with Gasteiger partial charge in [-0.3, -0.25) is 0 Å². The average Bonchev–Trinajstić information content (AvgIpc) is 0. The molecule has 0 bridgehead atoms. The fourth-order valence-corrected chi connectivity index (χ4v) is 0. The Hall–Kier alpha value is 0.931. The van der Waals surface area contributed by atoms with Gasteiger partial charge in [0.05, 0.1) is 0 Å². The topological polar surface area (TPSA) is 0 Å². The SMILES string of the molecule is [CH3-].[CH3-].[SiH3].[Ti+3]. The zero-order valence-electron chi connectivity index (χ0n) is 3.50. The van der Waals surface area contributed by atoms with Gasteiger partial charge in [0.1, 0.15) is 0 Å². The van der Waals surface area contributed by atoms with Crippen LogP contribution < -0.4 is 0 Å². The molecule has 0 aromatic carbocycles. The molecule has 2 radical (unpaired) electrons. The first-order valence-electron chi connectivity index (χ1n) is 0. The smallest absolute Gasteiger partial charge is 0.358 e. The van der Waals surface area contributed by atoms with Gasteiger partial charge < -0.3 is 14.9 Å². The molecular weight excluding hydrogens is 100.0 g/mol. The van der Waals surface area contributed by atoms with E-state index >= 15 is 0 Å². The quantitative estimate of drug-likeness (QED) is 0.296. The molecule has 0 heterocycles. The summed E-state index contributed by atoms with van der Waals surface area (Å²) in [5.41, 5.74) is 0. The van der Waals surface area contributed by atoms with Gasteiger partial charge in [0.25, 0.3) is 0 Å². The molecule has 0 aliphatic rings. The second-order valence-corrected chi connectivity index (χ2v) is 0. The molecule has 0 fully saturated rings. The van der Waals surface area contributed by atoms with Crippen molar-refractivity contribution in [2.45, 2.75) is 0 Å². The maximum Gasteiger partial charge on any atom is 3.00 e. The molecule has 0 aromatic rings. The minimum Gasteiger partial charge on any atom is -0.358 e. The molecule has 0 N–H and O–H groups in total. The van der Waals surface area contributed by atoms with E-state index in [0.717, 1.165) is 0 Å². The third-order valence-corrected chi connectivity index (χ3v) is 0. The number of hydrogen-bond acceptors (Lipinski definition) is 0. The molecule has 0 saturated heterocycles. The van der Waals surface area contributed by atoms with Gasteiger partial charge in [-0.2, -0.15) is 0 Å². The summed E-state index contributed by atoms with van der Waals surface area (Å²) in [7, 11) is 0. The third kappa shape index (κ3) is 12.6. The predicted molar refractivity (Wildman–Crippen MR) is 22.8 cm³/mol. The van der Waals surface area contributed by atoms with Crippen LogP contribution >= 0.6 is 0 Å². The average molecular weight is 109 g/mol. The van der Waals surface area contributed by atoms with E-state index in [1.165, 1.54) is 0 Å². The van der Waals surface area contributed by atoms with E-state index in [1.807, 2.05) is 0 Å². The summed E-state index contributed by atoms with van der Waals surface area (Å²) in [4.78, 5) is 0. The molecule has 2 heteroatoms. The second kappa shape index (κ2) is 39.0. The molecule has 0 unspecified atom stereocenters. The largest absolute Gasteiger partial charge is 3.00 e. The van der Waals surface area contributed by atoms with Gasteiger partial charge >= 0.3 is 21.7 Å². The van der Waals surface area contributed by atoms with E-state index in [4.69, 9.17) is 0 Å².